The third-order valence-electron chi connectivity index (χ3n) is 4.72. The van der Waals surface area contributed by atoms with E-state index in [1.165, 1.54) is 6.07 Å². The molecular weight excluding hydrogens is 309 g/mol. The molecule has 24 heavy (non-hydrogen) atoms. The van der Waals surface area contributed by atoms with Crippen LogP contribution >= 0.6 is 0 Å². The molecule has 1 amide bonds. The number of morpholine rings is 1. The van der Waals surface area contributed by atoms with Crippen molar-refractivity contribution in [3.05, 3.63) is 29.6 Å². The van der Waals surface area contributed by atoms with Crippen LogP contribution in [0.1, 0.15) is 24.8 Å². The average molecular weight is 335 g/mol. The third kappa shape index (κ3) is 4.45. The Hall–Kier alpha value is -1.66. The van der Waals surface area contributed by atoms with Gasteiger partial charge in [0.2, 0.25) is 5.91 Å². The van der Waals surface area contributed by atoms with Crippen LogP contribution in [0.15, 0.2) is 18.2 Å². The van der Waals surface area contributed by atoms with Crippen LogP contribution in [0.2, 0.25) is 0 Å². The number of anilines is 1. The van der Waals surface area contributed by atoms with E-state index in [4.69, 9.17) is 4.74 Å². The number of carbonyl (C=O) groups excluding carboxylic acids is 1. The van der Waals surface area contributed by atoms with Crippen molar-refractivity contribution in [3.8, 4) is 0 Å². The lowest BCUT2D eigenvalue weighted by molar-refractivity contribution is -0.123. The maximum absolute atomic E-state index is 13.3. The maximum Gasteiger partial charge on any atom is 0.221 e. The number of hydrogen-bond donors (Lipinski definition) is 2. The Bertz CT molecular complexity index is 575. The lowest BCUT2D eigenvalue weighted by Crippen LogP contribution is -2.50. The number of aryl methyl sites for hydroxylation is 1. The fraction of sp³-hybridized carbons (Fsp3) is 0.611. The van der Waals surface area contributed by atoms with E-state index in [0.717, 1.165) is 43.7 Å². The van der Waals surface area contributed by atoms with E-state index in [9.17, 15) is 9.18 Å². The summed E-state index contributed by atoms with van der Waals surface area (Å²) in [6.45, 7) is 5.75. The lowest BCUT2D eigenvalue weighted by atomic mass is 10.0. The van der Waals surface area contributed by atoms with E-state index in [1.807, 2.05) is 13.0 Å². The molecule has 0 spiro atoms. The van der Waals surface area contributed by atoms with Crippen molar-refractivity contribution in [3.63, 3.8) is 0 Å². The second kappa shape index (κ2) is 7.94. The van der Waals surface area contributed by atoms with Crippen molar-refractivity contribution in [2.45, 2.75) is 38.3 Å². The van der Waals surface area contributed by atoms with Crippen molar-refractivity contribution < 1.29 is 13.9 Å². The van der Waals surface area contributed by atoms with Gasteiger partial charge in [-0.05, 0) is 43.5 Å². The number of nitrogens with zero attached hydrogens (tertiary/aromatic N) is 1. The van der Waals surface area contributed by atoms with Crippen molar-refractivity contribution >= 4 is 11.6 Å². The zero-order valence-corrected chi connectivity index (χ0v) is 14.2. The minimum Gasteiger partial charge on any atom is -0.378 e. The molecular formula is C18H26FN3O2. The summed E-state index contributed by atoms with van der Waals surface area (Å²) in [4.78, 5) is 14.5. The van der Waals surface area contributed by atoms with E-state index in [0.29, 0.717) is 19.6 Å². The first-order valence-electron chi connectivity index (χ1n) is 8.73. The maximum atomic E-state index is 13.3. The van der Waals surface area contributed by atoms with Crippen LogP contribution in [0, 0.1) is 12.7 Å². The number of ether oxygens (including phenoxy) is 1. The van der Waals surface area contributed by atoms with Crippen LogP contribution in [-0.2, 0) is 9.53 Å². The summed E-state index contributed by atoms with van der Waals surface area (Å²) in [6.07, 6.45) is 2.45. The smallest absolute Gasteiger partial charge is 0.221 e. The number of nitrogens with one attached hydrogen (secondary N) is 2. The van der Waals surface area contributed by atoms with Crippen LogP contribution in [0.5, 0.6) is 0 Å². The summed E-state index contributed by atoms with van der Waals surface area (Å²) >= 11 is 0. The van der Waals surface area contributed by atoms with Gasteiger partial charge in [0.25, 0.3) is 0 Å². The summed E-state index contributed by atoms with van der Waals surface area (Å²) in [5, 5.41) is 6.45. The van der Waals surface area contributed by atoms with Gasteiger partial charge in [-0.15, -0.1) is 0 Å². The molecule has 3 rings (SSSR count). The van der Waals surface area contributed by atoms with E-state index >= 15 is 0 Å². The number of rotatable bonds is 4. The van der Waals surface area contributed by atoms with Gasteiger partial charge >= 0.3 is 0 Å². The number of piperidine rings is 1. The Morgan fingerprint density at radius 1 is 1.50 bits per heavy atom. The van der Waals surface area contributed by atoms with Crippen LogP contribution in [-0.4, -0.2) is 50.8 Å². The number of carbonyl (C=O) groups is 1. The fourth-order valence-electron chi connectivity index (χ4n) is 3.55. The zero-order chi connectivity index (χ0) is 16.9. The number of halogens is 1. The lowest BCUT2D eigenvalue weighted by Gasteiger charge is -2.36. The monoisotopic (exact) mass is 335 g/mol. The molecule has 0 aromatic heterocycles. The molecule has 2 fully saturated rings. The molecule has 2 saturated heterocycles. The average Bonchev–Trinajstić information content (AvgIpc) is 2.56. The van der Waals surface area contributed by atoms with Gasteiger partial charge in [-0.3, -0.25) is 4.79 Å². The van der Waals surface area contributed by atoms with Gasteiger partial charge in [-0.25, -0.2) is 4.39 Å². The standard InChI is InChI=1S/C18H26FN3O2/c1-13-9-14(19)4-5-17(13)22-7-2-3-15(11-22)21-18(23)10-16-12-24-8-6-20-16/h4-5,9,15-16,20H,2-3,6-8,10-12H2,1H3,(H,21,23). The highest BCUT2D eigenvalue weighted by Crippen LogP contribution is 2.24. The number of hydrogen-bond acceptors (Lipinski definition) is 4. The molecule has 2 aliphatic heterocycles. The summed E-state index contributed by atoms with van der Waals surface area (Å²) in [5.41, 5.74) is 1.99. The Balaban J connectivity index is 1.54. The molecule has 1 aromatic rings. The molecule has 6 heteroatoms. The van der Waals surface area contributed by atoms with Crippen molar-refractivity contribution in [2.24, 2.45) is 0 Å². The summed E-state index contributed by atoms with van der Waals surface area (Å²) in [6, 6.07) is 5.14. The largest absolute Gasteiger partial charge is 0.378 e. The fourth-order valence-corrected chi connectivity index (χ4v) is 3.55. The normalized spacial score (nSPS) is 24.7. The Kier molecular flexibility index (Phi) is 5.68. The van der Waals surface area contributed by atoms with Gasteiger partial charge in [-0.1, -0.05) is 0 Å². The first-order valence-corrected chi connectivity index (χ1v) is 8.73. The SMILES string of the molecule is Cc1cc(F)ccc1N1CCCC(NC(=O)CC2COCCN2)C1. The van der Waals surface area contributed by atoms with Crippen LogP contribution < -0.4 is 15.5 Å². The molecule has 2 N–H and O–H groups in total. The predicted octanol–water partition coefficient (Wildman–Crippen LogP) is 1.60. The molecule has 2 unspecified atom stereocenters. The Morgan fingerprint density at radius 2 is 2.38 bits per heavy atom. The molecule has 0 radical (unpaired) electrons. The molecule has 0 aliphatic carbocycles. The highest BCUT2D eigenvalue weighted by molar-refractivity contribution is 5.77. The topological polar surface area (TPSA) is 53.6 Å². The van der Waals surface area contributed by atoms with Crippen molar-refractivity contribution in [1.82, 2.24) is 10.6 Å². The number of benzene rings is 1. The van der Waals surface area contributed by atoms with E-state index in [2.05, 4.69) is 15.5 Å². The Morgan fingerprint density at radius 3 is 3.12 bits per heavy atom. The van der Waals surface area contributed by atoms with E-state index in [-0.39, 0.29) is 23.8 Å². The molecule has 132 valence electrons. The van der Waals surface area contributed by atoms with Crippen LogP contribution in [0.3, 0.4) is 0 Å². The predicted molar refractivity (Wildman–Crippen MR) is 91.7 cm³/mol. The van der Waals surface area contributed by atoms with E-state index < -0.39 is 0 Å². The van der Waals surface area contributed by atoms with Gasteiger partial charge < -0.3 is 20.3 Å². The molecule has 2 aliphatic rings. The quantitative estimate of drug-likeness (QED) is 0.878. The van der Waals surface area contributed by atoms with E-state index in [1.54, 1.807) is 6.07 Å². The van der Waals surface area contributed by atoms with Gasteiger partial charge in [-0.2, -0.15) is 0 Å². The second-order valence-electron chi connectivity index (χ2n) is 6.71. The molecule has 2 heterocycles. The molecule has 0 saturated carbocycles. The minimum absolute atomic E-state index is 0.0701. The van der Waals surface area contributed by atoms with Gasteiger partial charge in [0, 0.05) is 43.8 Å². The molecule has 2 atom stereocenters. The first kappa shape index (κ1) is 17.2. The molecule has 1 aromatic carbocycles. The summed E-state index contributed by atoms with van der Waals surface area (Å²) in [7, 11) is 0. The summed E-state index contributed by atoms with van der Waals surface area (Å²) < 4.78 is 18.7. The zero-order valence-electron chi connectivity index (χ0n) is 14.2. The first-order chi connectivity index (χ1) is 11.6. The molecule has 5 nitrogen and oxygen atoms in total. The van der Waals surface area contributed by atoms with Crippen LogP contribution in [0.4, 0.5) is 10.1 Å². The second-order valence-corrected chi connectivity index (χ2v) is 6.71. The van der Waals surface area contributed by atoms with Crippen LogP contribution in [0.25, 0.3) is 0 Å². The highest BCUT2D eigenvalue weighted by atomic mass is 19.1. The van der Waals surface area contributed by atoms with Gasteiger partial charge in [0.15, 0.2) is 0 Å². The van der Waals surface area contributed by atoms with Gasteiger partial charge in [0.1, 0.15) is 5.82 Å². The minimum atomic E-state index is -0.208. The van der Waals surface area contributed by atoms with Crippen molar-refractivity contribution in [1.29, 1.82) is 0 Å². The van der Waals surface area contributed by atoms with Gasteiger partial charge in [0.05, 0.1) is 13.2 Å². The highest BCUT2D eigenvalue weighted by Gasteiger charge is 2.24. The summed E-state index contributed by atoms with van der Waals surface area (Å²) in [5.74, 6) is -0.138. The third-order valence-corrected chi connectivity index (χ3v) is 4.72. The Labute approximate surface area is 142 Å². The number of amides is 1. The molecule has 0 bridgehead atoms. The van der Waals surface area contributed by atoms with Crippen molar-refractivity contribution in [2.75, 3.05) is 37.7 Å².